The van der Waals surface area contributed by atoms with Crippen LogP contribution < -0.4 is 20.3 Å². The molecular weight excluding hydrogens is 465 g/mol. The molecule has 0 radical (unpaired) electrons. The van der Waals surface area contributed by atoms with E-state index in [9.17, 15) is 23.6 Å². The third-order valence-corrected chi connectivity index (χ3v) is 5.56. The highest BCUT2D eigenvalue weighted by Gasteiger charge is 2.37. The van der Waals surface area contributed by atoms with Crippen molar-refractivity contribution < 1.29 is 28.3 Å². The first-order valence-electron chi connectivity index (χ1n) is 11.0. The molecule has 5 amide bonds. The second-order valence-electron chi connectivity index (χ2n) is 8.11. The van der Waals surface area contributed by atoms with Gasteiger partial charge in [0, 0.05) is 11.3 Å². The van der Waals surface area contributed by atoms with Gasteiger partial charge in [0.1, 0.15) is 17.1 Å². The largest absolute Gasteiger partial charge is 0.483 e. The summed E-state index contributed by atoms with van der Waals surface area (Å²) in [5.41, 5.74) is 2.71. The lowest BCUT2D eigenvalue weighted by atomic mass is 10.0. The van der Waals surface area contributed by atoms with Crippen molar-refractivity contribution in [2.75, 3.05) is 16.8 Å². The molecule has 8 nitrogen and oxygen atoms in total. The molecule has 0 aliphatic carbocycles. The summed E-state index contributed by atoms with van der Waals surface area (Å²) in [7, 11) is 0. The number of urea groups is 1. The van der Waals surface area contributed by atoms with Crippen molar-refractivity contribution in [1.82, 2.24) is 5.32 Å². The van der Waals surface area contributed by atoms with Crippen molar-refractivity contribution in [1.29, 1.82) is 0 Å². The van der Waals surface area contributed by atoms with E-state index >= 15 is 0 Å². The minimum atomic E-state index is -0.840. The Bertz CT molecular complexity index is 1400. The van der Waals surface area contributed by atoms with Gasteiger partial charge in [-0.05, 0) is 73.5 Å². The Morgan fingerprint density at radius 2 is 1.72 bits per heavy atom. The standard InChI is InChI=1S/C27H22FN3O5/c1-16-7-12-21(13-17(16)2)31-26(34)22(25(33)30-27(31)35)14-18-5-3-4-6-23(18)36-15-24(32)29-20-10-8-19(28)9-11-20/h3-14H,15H2,1-2H3,(H,29,32)(H,30,33,35). The summed E-state index contributed by atoms with van der Waals surface area (Å²) in [5.74, 6) is -2.29. The van der Waals surface area contributed by atoms with Gasteiger partial charge in [0.25, 0.3) is 17.7 Å². The number of anilines is 2. The number of barbiturate groups is 1. The van der Waals surface area contributed by atoms with Crippen LogP contribution in [-0.4, -0.2) is 30.4 Å². The molecule has 4 rings (SSSR count). The Morgan fingerprint density at radius 3 is 2.44 bits per heavy atom. The highest BCUT2D eigenvalue weighted by atomic mass is 19.1. The van der Waals surface area contributed by atoms with Gasteiger partial charge in [0.05, 0.1) is 5.69 Å². The van der Waals surface area contributed by atoms with E-state index in [0.29, 0.717) is 16.9 Å². The molecule has 0 spiro atoms. The van der Waals surface area contributed by atoms with E-state index in [1.165, 1.54) is 30.3 Å². The number of amides is 5. The second-order valence-corrected chi connectivity index (χ2v) is 8.11. The summed E-state index contributed by atoms with van der Waals surface area (Å²) in [6, 6.07) is 16.1. The Balaban J connectivity index is 1.55. The van der Waals surface area contributed by atoms with Gasteiger partial charge in [-0.2, -0.15) is 0 Å². The van der Waals surface area contributed by atoms with Crippen LogP contribution in [0.4, 0.5) is 20.6 Å². The second kappa shape index (κ2) is 10.2. The van der Waals surface area contributed by atoms with Gasteiger partial charge in [-0.3, -0.25) is 19.7 Å². The van der Waals surface area contributed by atoms with Crippen molar-refractivity contribution in [2.45, 2.75) is 13.8 Å². The summed E-state index contributed by atoms with van der Waals surface area (Å²) >= 11 is 0. The van der Waals surface area contributed by atoms with E-state index in [1.54, 1.807) is 42.5 Å². The average molecular weight is 487 g/mol. The molecule has 1 fully saturated rings. The molecule has 3 aromatic rings. The van der Waals surface area contributed by atoms with Crippen LogP contribution in [0.1, 0.15) is 16.7 Å². The molecule has 0 unspecified atom stereocenters. The number of rotatable bonds is 6. The third-order valence-electron chi connectivity index (χ3n) is 5.56. The molecule has 1 heterocycles. The van der Waals surface area contributed by atoms with Gasteiger partial charge in [-0.1, -0.05) is 24.3 Å². The van der Waals surface area contributed by atoms with Crippen LogP contribution in [-0.2, 0) is 14.4 Å². The summed E-state index contributed by atoms with van der Waals surface area (Å²) < 4.78 is 18.7. The molecule has 1 aliphatic rings. The molecule has 3 aromatic carbocycles. The number of nitrogens with zero attached hydrogens (tertiary/aromatic N) is 1. The summed E-state index contributed by atoms with van der Waals surface area (Å²) in [4.78, 5) is 51.4. The van der Waals surface area contributed by atoms with E-state index in [-0.39, 0.29) is 17.9 Å². The van der Waals surface area contributed by atoms with Crippen molar-refractivity contribution in [3.8, 4) is 5.75 Å². The van der Waals surface area contributed by atoms with E-state index in [4.69, 9.17) is 4.74 Å². The maximum absolute atomic E-state index is 13.2. The van der Waals surface area contributed by atoms with E-state index in [0.717, 1.165) is 16.0 Å². The normalized spacial score (nSPS) is 14.6. The Labute approximate surface area is 206 Å². The molecule has 2 N–H and O–H groups in total. The fraction of sp³-hybridized carbons (Fsp3) is 0.111. The molecule has 1 aliphatic heterocycles. The summed E-state index contributed by atoms with van der Waals surface area (Å²) in [5, 5.41) is 4.77. The molecule has 182 valence electrons. The van der Waals surface area contributed by atoms with Gasteiger partial charge in [-0.25, -0.2) is 14.1 Å². The SMILES string of the molecule is Cc1ccc(N2C(=O)NC(=O)C(=Cc3ccccc3OCC(=O)Nc3ccc(F)cc3)C2=O)cc1C. The third kappa shape index (κ3) is 5.30. The minimum Gasteiger partial charge on any atom is -0.483 e. The molecule has 9 heteroatoms. The maximum atomic E-state index is 13.2. The fourth-order valence-electron chi connectivity index (χ4n) is 3.52. The Kier molecular flexibility index (Phi) is 6.91. The zero-order valence-electron chi connectivity index (χ0n) is 19.5. The molecule has 1 saturated heterocycles. The van der Waals surface area contributed by atoms with E-state index in [2.05, 4.69) is 10.6 Å². The first kappa shape index (κ1) is 24.3. The van der Waals surface area contributed by atoms with Gasteiger partial charge in [-0.15, -0.1) is 0 Å². The number of halogens is 1. The topological polar surface area (TPSA) is 105 Å². The highest BCUT2D eigenvalue weighted by molar-refractivity contribution is 6.39. The molecule has 0 aromatic heterocycles. The predicted octanol–water partition coefficient (Wildman–Crippen LogP) is 4.13. The van der Waals surface area contributed by atoms with Crippen LogP contribution in [0.15, 0.2) is 72.3 Å². The first-order valence-corrected chi connectivity index (χ1v) is 11.0. The number of carbonyl (C=O) groups is 4. The quantitative estimate of drug-likeness (QED) is 0.402. The van der Waals surface area contributed by atoms with E-state index < -0.39 is 29.6 Å². The number of imide groups is 2. The van der Waals surface area contributed by atoms with Crippen molar-refractivity contribution in [3.63, 3.8) is 0 Å². The van der Waals surface area contributed by atoms with Crippen LogP contribution in [0.3, 0.4) is 0 Å². The molecule has 0 bridgehead atoms. The fourth-order valence-corrected chi connectivity index (χ4v) is 3.52. The lowest BCUT2D eigenvalue weighted by Crippen LogP contribution is -2.54. The monoisotopic (exact) mass is 487 g/mol. The number of carbonyl (C=O) groups excluding carboxylic acids is 4. The number of ether oxygens (including phenoxy) is 1. The molecule has 0 atom stereocenters. The van der Waals surface area contributed by atoms with Crippen LogP contribution in [0.2, 0.25) is 0 Å². The smallest absolute Gasteiger partial charge is 0.335 e. The number of hydrogen-bond acceptors (Lipinski definition) is 5. The van der Waals surface area contributed by atoms with Gasteiger partial charge < -0.3 is 10.1 Å². The lowest BCUT2D eigenvalue weighted by molar-refractivity contribution is -0.122. The lowest BCUT2D eigenvalue weighted by Gasteiger charge is -2.27. The zero-order chi connectivity index (χ0) is 25.8. The number of para-hydroxylation sites is 1. The Morgan fingerprint density at radius 1 is 1.00 bits per heavy atom. The number of nitrogens with one attached hydrogen (secondary N) is 2. The molecule has 36 heavy (non-hydrogen) atoms. The summed E-state index contributed by atoms with van der Waals surface area (Å²) in [6.07, 6.45) is 1.31. The van der Waals surface area contributed by atoms with Crippen molar-refractivity contribution in [2.24, 2.45) is 0 Å². The highest BCUT2D eigenvalue weighted by Crippen LogP contribution is 2.26. The average Bonchev–Trinajstić information content (AvgIpc) is 2.84. The van der Waals surface area contributed by atoms with Gasteiger partial charge in [0.2, 0.25) is 0 Å². The maximum Gasteiger partial charge on any atom is 0.335 e. The van der Waals surface area contributed by atoms with Gasteiger partial charge in [0.15, 0.2) is 6.61 Å². The van der Waals surface area contributed by atoms with Crippen molar-refractivity contribution >= 4 is 41.2 Å². The predicted molar refractivity (Wildman–Crippen MR) is 132 cm³/mol. The number of hydrogen-bond donors (Lipinski definition) is 2. The van der Waals surface area contributed by atoms with Gasteiger partial charge >= 0.3 is 6.03 Å². The number of aryl methyl sites for hydroxylation is 2. The number of benzene rings is 3. The van der Waals surface area contributed by atoms with Crippen molar-refractivity contribution in [3.05, 3.63) is 94.8 Å². The van der Waals surface area contributed by atoms with Crippen LogP contribution in [0, 0.1) is 19.7 Å². The zero-order valence-corrected chi connectivity index (χ0v) is 19.5. The molecule has 0 saturated carbocycles. The van der Waals surface area contributed by atoms with Crippen LogP contribution in [0.25, 0.3) is 6.08 Å². The minimum absolute atomic E-state index is 0.245. The first-order chi connectivity index (χ1) is 17.2. The van der Waals surface area contributed by atoms with Crippen LogP contribution >= 0.6 is 0 Å². The van der Waals surface area contributed by atoms with E-state index in [1.807, 2.05) is 13.8 Å². The van der Waals surface area contributed by atoms with Crippen LogP contribution in [0.5, 0.6) is 5.75 Å². The summed E-state index contributed by atoms with van der Waals surface area (Å²) in [6.45, 7) is 3.39. The Hall–Kier alpha value is -4.79. The molecular formula is C27H22FN3O5.